The Morgan fingerprint density at radius 3 is 2.69 bits per heavy atom. The van der Waals surface area contributed by atoms with Gasteiger partial charge in [0.25, 0.3) is 11.1 Å². The second-order valence-corrected chi connectivity index (χ2v) is 10.6. The van der Waals surface area contributed by atoms with E-state index < -0.39 is 0 Å². The molecular formula is C27H30N4O3S. The fourth-order valence-electron chi connectivity index (χ4n) is 5.30. The van der Waals surface area contributed by atoms with Crippen molar-refractivity contribution in [1.82, 2.24) is 18.8 Å². The molecule has 1 saturated heterocycles. The van der Waals surface area contributed by atoms with Crippen molar-refractivity contribution in [2.75, 3.05) is 26.2 Å². The molecule has 182 valence electrons. The molecule has 0 atom stereocenters. The molecule has 0 unspecified atom stereocenters. The van der Waals surface area contributed by atoms with E-state index in [0.29, 0.717) is 40.8 Å². The fraction of sp³-hybridized carbons (Fsp3) is 0.444. The minimum Gasteiger partial charge on any atom is -0.491 e. The third-order valence-corrected chi connectivity index (χ3v) is 8.42. The summed E-state index contributed by atoms with van der Waals surface area (Å²) in [5.74, 6) is 0.784. The molecule has 8 heteroatoms. The van der Waals surface area contributed by atoms with Gasteiger partial charge >= 0.3 is 0 Å². The van der Waals surface area contributed by atoms with Crippen LogP contribution in [0.3, 0.4) is 0 Å². The van der Waals surface area contributed by atoms with Crippen molar-refractivity contribution in [2.45, 2.75) is 51.5 Å². The number of nitrogens with one attached hydrogen (secondary N) is 1. The molecule has 0 radical (unpaired) electrons. The smallest absolute Gasteiger partial charge is 0.275 e. The average Bonchev–Trinajstić information content (AvgIpc) is 3.20. The van der Waals surface area contributed by atoms with Gasteiger partial charge in [0.1, 0.15) is 17.0 Å². The summed E-state index contributed by atoms with van der Waals surface area (Å²) in [4.78, 5) is 36.6. The van der Waals surface area contributed by atoms with Crippen molar-refractivity contribution in [2.24, 2.45) is 0 Å². The van der Waals surface area contributed by atoms with E-state index in [1.807, 2.05) is 24.3 Å². The first-order chi connectivity index (χ1) is 17.2. The number of aromatic amines is 1. The predicted octanol–water partition coefficient (Wildman–Crippen LogP) is 4.56. The molecule has 4 aromatic rings. The highest BCUT2D eigenvalue weighted by Gasteiger charge is 2.20. The number of aryl methyl sites for hydroxylation is 1. The van der Waals surface area contributed by atoms with Crippen LogP contribution in [0.5, 0.6) is 5.75 Å². The number of benzene rings is 2. The second kappa shape index (κ2) is 9.59. The Balaban J connectivity index is 1.50. The number of H-pyrrole nitrogens is 1. The van der Waals surface area contributed by atoms with Gasteiger partial charge in [0.15, 0.2) is 0 Å². The third-order valence-electron chi connectivity index (χ3n) is 7.23. The van der Waals surface area contributed by atoms with Gasteiger partial charge in [0, 0.05) is 18.7 Å². The van der Waals surface area contributed by atoms with Crippen LogP contribution < -0.4 is 15.9 Å². The van der Waals surface area contributed by atoms with Crippen molar-refractivity contribution in [1.29, 1.82) is 0 Å². The first kappa shape index (κ1) is 22.5. The molecule has 1 N–H and O–H groups in total. The standard InChI is InChI=1S/C27H30N4O3S/c32-26-22-19-8-7-9-20-25(19)35-31(27(20)33)15-5-2-6-17-34-24-18(10-11-21(28-26)23(24)29-22)12-16-30-13-3-1-4-14-30/h7-11H,1-6,12-17H2,(H,28,32). The molecule has 0 aliphatic carbocycles. The highest BCUT2D eigenvalue weighted by Crippen LogP contribution is 2.33. The maximum absolute atomic E-state index is 13.1. The Bertz CT molecular complexity index is 1500. The molecular weight excluding hydrogens is 460 g/mol. The van der Waals surface area contributed by atoms with E-state index in [1.165, 1.54) is 30.8 Å². The molecule has 6 rings (SSSR count). The highest BCUT2D eigenvalue weighted by molar-refractivity contribution is 7.14. The Labute approximate surface area is 207 Å². The zero-order valence-corrected chi connectivity index (χ0v) is 20.7. The lowest BCUT2D eigenvalue weighted by Crippen LogP contribution is -2.31. The van der Waals surface area contributed by atoms with Crippen LogP contribution in [0.15, 0.2) is 39.9 Å². The molecule has 2 aromatic heterocycles. The summed E-state index contributed by atoms with van der Waals surface area (Å²) in [6, 6.07) is 9.60. The number of nitrogens with zero attached hydrogens (tertiary/aromatic N) is 3. The largest absolute Gasteiger partial charge is 0.491 e. The summed E-state index contributed by atoms with van der Waals surface area (Å²) in [6.45, 7) is 4.58. The second-order valence-electron chi connectivity index (χ2n) is 9.61. The molecule has 4 heterocycles. The number of ether oxygens (including phenoxy) is 1. The number of hydrogen-bond acceptors (Lipinski definition) is 6. The van der Waals surface area contributed by atoms with Gasteiger partial charge < -0.3 is 14.6 Å². The van der Waals surface area contributed by atoms with Crippen LogP contribution in [0.4, 0.5) is 0 Å². The topological polar surface area (TPSA) is 80.2 Å². The van der Waals surface area contributed by atoms with Crippen molar-refractivity contribution >= 4 is 32.7 Å². The highest BCUT2D eigenvalue weighted by atomic mass is 32.1. The number of rotatable bonds is 3. The van der Waals surface area contributed by atoms with Crippen molar-refractivity contribution in [3.8, 4) is 17.0 Å². The van der Waals surface area contributed by atoms with Gasteiger partial charge in [-0.3, -0.25) is 13.5 Å². The van der Waals surface area contributed by atoms with E-state index in [0.717, 1.165) is 61.3 Å². The van der Waals surface area contributed by atoms with Crippen LogP contribution in [0.25, 0.3) is 32.4 Å². The molecule has 0 spiro atoms. The molecule has 0 amide bonds. The summed E-state index contributed by atoms with van der Waals surface area (Å²) in [5.41, 5.74) is 3.30. The summed E-state index contributed by atoms with van der Waals surface area (Å²) < 4.78 is 9.01. The van der Waals surface area contributed by atoms with E-state index >= 15 is 0 Å². The van der Waals surface area contributed by atoms with Gasteiger partial charge in [-0.15, -0.1) is 0 Å². The number of likely N-dealkylation sites (tertiary alicyclic amines) is 1. The minimum absolute atomic E-state index is 0.0101. The van der Waals surface area contributed by atoms with E-state index in [2.05, 4.69) is 16.0 Å². The lowest BCUT2D eigenvalue weighted by atomic mass is 10.1. The van der Waals surface area contributed by atoms with Crippen molar-refractivity contribution < 1.29 is 4.74 Å². The maximum Gasteiger partial charge on any atom is 0.275 e. The SMILES string of the molecule is O=c1[nH]c2ccc(CCN3CCCCC3)c3c2nc1-c1cccc2c(=O)n(sc12)CCCCCO3. The zero-order valence-electron chi connectivity index (χ0n) is 19.8. The van der Waals surface area contributed by atoms with Crippen LogP contribution in [0, 0.1) is 0 Å². The summed E-state index contributed by atoms with van der Waals surface area (Å²) in [7, 11) is 0. The molecule has 2 aliphatic rings. The fourth-order valence-corrected chi connectivity index (χ4v) is 6.44. The van der Waals surface area contributed by atoms with Crippen LogP contribution in [0.1, 0.15) is 44.1 Å². The van der Waals surface area contributed by atoms with Crippen LogP contribution in [-0.4, -0.2) is 45.1 Å². The van der Waals surface area contributed by atoms with Gasteiger partial charge in [-0.25, -0.2) is 4.98 Å². The number of fused-ring (bicyclic) bond motifs is 3. The first-order valence-corrected chi connectivity index (χ1v) is 13.5. The summed E-state index contributed by atoms with van der Waals surface area (Å²) in [6.07, 6.45) is 7.56. The van der Waals surface area contributed by atoms with Gasteiger partial charge in [-0.05, 0) is 69.3 Å². The van der Waals surface area contributed by atoms with Gasteiger partial charge in [0.05, 0.1) is 22.2 Å². The number of piperidine rings is 1. The summed E-state index contributed by atoms with van der Waals surface area (Å²) in [5, 5.41) is 0.649. The Hall–Kier alpha value is -2.97. The molecule has 0 saturated carbocycles. The lowest BCUT2D eigenvalue weighted by molar-refractivity contribution is 0.230. The molecule has 4 bridgehead atoms. The maximum atomic E-state index is 13.1. The van der Waals surface area contributed by atoms with Gasteiger partial charge in [0.2, 0.25) is 0 Å². The first-order valence-electron chi connectivity index (χ1n) is 12.7. The molecule has 35 heavy (non-hydrogen) atoms. The Morgan fingerprint density at radius 2 is 1.80 bits per heavy atom. The number of aromatic nitrogens is 3. The average molecular weight is 491 g/mol. The Kier molecular flexibility index (Phi) is 6.16. The van der Waals surface area contributed by atoms with Crippen molar-refractivity contribution in [3.63, 3.8) is 0 Å². The lowest BCUT2D eigenvalue weighted by Gasteiger charge is -2.26. The van der Waals surface area contributed by atoms with Gasteiger partial charge in [-0.1, -0.05) is 36.2 Å². The molecule has 7 nitrogen and oxygen atoms in total. The number of hydrogen-bond donors (Lipinski definition) is 1. The van der Waals surface area contributed by atoms with Crippen LogP contribution in [-0.2, 0) is 13.0 Å². The van der Waals surface area contributed by atoms with Crippen LogP contribution in [0.2, 0.25) is 0 Å². The van der Waals surface area contributed by atoms with E-state index in [1.54, 1.807) is 3.96 Å². The molecule has 2 aromatic carbocycles. The Morgan fingerprint density at radius 1 is 0.971 bits per heavy atom. The van der Waals surface area contributed by atoms with E-state index in [4.69, 9.17) is 9.72 Å². The molecule has 2 aliphatic heterocycles. The minimum atomic E-state index is -0.253. The van der Waals surface area contributed by atoms with E-state index in [-0.39, 0.29) is 11.1 Å². The third kappa shape index (κ3) is 4.29. The zero-order chi connectivity index (χ0) is 23.8. The summed E-state index contributed by atoms with van der Waals surface area (Å²) >= 11 is 1.43. The normalized spacial score (nSPS) is 17.1. The van der Waals surface area contributed by atoms with Gasteiger partial charge in [-0.2, -0.15) is 0 Å². The van der Waals surface area contributed by atoms with Crippen LogP contribution >= 0.6 is 11.5 Å². The van der Waals surface area contributed by atoms with Crippen molar-refractivity contribution in [3.05, 3.63) is 56.6 Å². The predicted molar refractivity (Wildman–Crippen MR) is 141 cm³/mol. The van der Waals surface area contributed by atoms with E-state index in [9.17, 15) is 9.59 Å². The molecule has 1 fully saturated rings. The quantitative estimate of drug-likeness (QED) is 0.456. The monoisotopic (exact) mass is 490 g/mol.